The van der Waals surface area contributed by atoms with E-state index in [0.29, 0.717) is 11.6 Å². The van der Waals surface area contributed by atoms with Crippen LogP contribution in [-0.4, -0.2) is 17.3 Å². The first-order chi connectivity index (χ1) is 7.77. The summed E-state index contributed by atoms with van der Waals surface area (Å²) in [5.41, 5.74) is 8.15. The fourth-order valence-electron chi connectivity index (χ4n) is 1.61. The van der Waals surface area contributed by atoms with Crippen molar-refractivity contribution in [3.63, 3.8) is 0 Å². The highest BCUT2D eigenvalue weighted by atomic mass is 16.5. The van der Waals surface area contributed by atoms with Crippen LogP contribution in [0.4, 0.5) is 5.88 Å². The van der Waals surface area contributed by atoms with Gasteiger partial charge in [-0.15, -0.1) is 0 Å². The first-order valence-electron chi connectivity index (χ1n) is 5.00. The molecule has 2 rings (SSSR count). The fraction of sp³-hybridized carbons (Fsp3) is 0.273. The van der Waals surface area contributed by atoms with E-state index in [0.717, 1.165) is 23.2 Å². The molecule has 0 aliphatic rings. The van der Waals surface area contributed by atoms with Gasteiger partial charge in [-0.3, -0.25) is 4.98 Å². The van der Waals surface area contributed by atoms with Crippen molar-refractivity contribution in [2.24, 2.45) is 0 Å². The van der Waals surface area contributed by atoms with Crippen LogP contribution >= 0.6 is 0 Å². The van der Waals surface area contributed by atoms with Crippen LogP contribution in [0.15, 0.2) is 23.0 Å². The Kier molecular flexibility index (Phi) is 2.76. The van der Waals surface area contributed by atoms with Crippen LogP contribution in [0.1, 0.15) is 12.5 Å². The van der Waals surface area contributed by atoms with Gasteiger partial charge >= 0.3 is 0 Å². The normalized spacial score (nSPS) is 10.4. The van der Waals surface area contributed by atoms with E-state index in [9.17, 15) is 0 Å². The molecule has 16 heavy (non-hydrogen) atoms. The molecule has 0 atom stereocenters. The summed E-state index contributed by atoms with van der Waals surface area (Å²) in [5, 5.41) is 3.96. The Bertz CT molecular complexity index is 494. The van der Waals surface area contributed by atoms with Gasteiger partial charge < -0.3 is 15.0 Å². The summed E-state index contributed by atoms with van der Waals surface area (Å²) in [6.07, 6.45) is 4.08. The molecule has 5 heteroatoms. The van der Waals surface area contributed by atoms with Gasteiger partial charge in [-0.1, -0.05) is 12.1 Å². The molecule has 0 spiro atoms. The molecule has 0 aliphatic heterocycles. The highest BCUT2D eigenvalue weighted by Crippen LogP contribution is 2.33. The van der Waals surface area contributed by atoms with E-state index in [2.05, 4.69) is 10.1 Å². The Hall–Kier alpha value is -2.04. The zero-order chi connectivity index (χ0) is 11.5. The second-order valence-corrected chi connectivity index (χ2v) is 3.30. The van der Waals surface area contributed by atoms with E-state index in [-0.39, 0.29) is 0 Å². The smallest absolute Gasteiger partial charge is 0.225 e. The number of aromatic nitrogens is 2. The first-order valence-corrected chi connectivity index (χ1v) is 5.00. The highest BCUT2D eigenvalue weighted by molar-refractivity contribution is 5.71. The molecule has 0 aliphatic carbocycles. The molecule has 2 heterocycles. The maximum absolute atomic E-state index is 5.70. The minimum absolute atomic E-state index is 0.358. The molecule has 5 nitrogen and oxygen atoms in total. The van der Waals surface area contributed by atoms with Gasteiger partial charge in [0.2, 0.25) is 5.88 Å². The molecule has 0 bridgehead atoms. The van der Waals surface area contributed by atoms with Crippen molar-refractivity contribution in [3.8, 4) is 17.0 Å². The van der Waals surface area contributed by atoms with Gasteiger partial charge in [0, 0.05) is 17.3 Å². The topological polar surface area (TPSA) is 74.2 Å². The molecule has 0 amide bonds. The van der Waals surface area contributed by atoms with Gasteiger partial charge in [0.25, 0.3) is 0 Å². The lowest BCUT2D eigenvalue weighted by atomic mass is 10.1. The van der Waals surface area contributed by atoms with Crippen molar-refractivity contribution >= 4 is 5.88 Å². The molecule has 0 radical (unpaired) electrons. The molecule has 2 aromatic heterocycles. The second-order valence-electron chi connectivity index (χ2n) is 3.30. The number of nitrogens with zero attached hydrogens (tertiary/aromatic N) is 2. The number of anilines is 1. The summed E-state index contributed by atoms with van der Waals surface area (Å²) in [6, 6.07) is 1.83. The molecule has 2 aromatic rings. The van der Waals surface area contributed by atoms with E-state index >= 15 is 0 Å². The van der Waals surface area contributed by atoms with Gasteiger partial charge in [-0.25, -0.2) is 0 Å². The van der Waals surface area contributed by atoms with E-state index < -0.39 is 0 Å². The zero-order valence-electron chi connectivity index (χ0n) is 9.23. The van der Waals surface area contributed by atoms with Crippen LogP contribution < -0.4 is 10.5 Å². The summed E-state index contributed by atoms with van der Waals surface area (Å²) in [4.78, 5) is 3.99. The number of ether oxygens (including phenoxy) is 1. The average Bonchev–Trinajstić information content (AvgIpc) is 2.70. The van der Waals surface area contributed by atoms with Crippen LogP contribution in [0.3, 0.4) is 0 Å². The van der Waals surface area contributed by atoms with Crippen molar-refractivity contribution in [3.05, 3.63) is 24.0 Å². The Labute approximate surface area is 93.2 Å². The largest absolute Gasteiger partial charge is 0.494 e. The Morgan fingerprint density at radius 2 is 2.31 bits per heavy atom. The molecule has 2 N–H and O–H groups in total. The van der Waals surface area contributed by atoms with E-state index in [1.165, 1.54) is 0 Å². The second kappa shape index (κ2) is 4.22. The third-order valence-electron chi connectivity index (χ3n) is 2.43. The number of pyridine rings is 1. The molecule has 0 fully saturated rings. The fourth-order valence-corrected chi connectivity index (χ4v) is 1.61. The molecular formula is C11H13N3O2. The van der Waals surface area contributed by atoms with Crippen molar-refractivity contribution in [1.82, 2.24) is 10.1 Å². The van der Waals surface area contributed by atoms with Crippen LogP contribution in [0.2, 0.25) is 0 Å². The number of rotatable bonds is 3. The third kappa shape index (κ3) is 1.60. The molecule has 84 valence electrons. The minimum atomic E-state index is 0.358. The molecule has 0 saturated heterocycles. The van der Waals surface area contributed by atoms with Gasteiger partial charge in [0.15, 0.2) is 0 Å². The van der Waals surface area contributed by atoms with Gasteiger partial charge in [-0.2, -0.15) is 0 Å². The zero-order valence-corrected chi connectivity index (χ0v) is 9.23. The predicted octanol–water partition coefficient (Wildman–Crippen LogP) is 1.89. The third-order valence-corrected chi connectivity index (χ3v) is 2.43. The van der Waals surface area contributed by atoms with Crippen molar-refractivity contribution in [2.75, 3.05) is 12.8 Å². The van der Waals surface area contributed by atoms with E-state index in [1.54, 1.807) is 19.5 Å². The Morgan fingerprint density at radius 1 is 1.50 bits per heavy atom. The minimum Gasteiger partial charge on any atom is -0.494 e. The lowest BCUT2D eigenvalue weighted by Gasteiger charge is -2.05. The van der Waals surface area contributed by atoms with Crippen LogP contribution in [0.5, 0.6) is 5.75 Å². The maximum atomic E-state index is 5.70. The molecular weight excluding hydrogens is 206 g/mol. The number of hydrogen-bond donors (Lipinski definition) is 1. The first kappa shape index (κ1) is 10.5. The number of hydrogen-bond acceptors (Lipinski definition) is 5. The Morgan fingerprint density at radius 3 is 3.00 bits per heavy atom. The number of methoxy groups -OCH3 is 1. The summed E-state index contributed by atoms with van der Waals surface area (Å²) in [7, 11) is 1.59. The van der Waals surface area contributed by atoms with Crippen LogP contribution in [0.25, 0.3) is 11.3 Å². The molecule has 0 unspecified atom stereocenters. The van der Waals surface area contributed by atoms with E-state index in [4.69, 9.17) is 15.0 Å². The van der Waals surface area contributed by atoms with Gasteiger partial charge in [-0.05, 0) is 12.5 Å². The van der Waals surface area contributed by atoms with E-state index in [1.807, 2.05) is 13.0 Å². The van der Waals surface area contributed by atoms with Crippen LogP contribution in [0, 0.1) is 0 Å². The summed E-state index contributed by atoms with van der Waals surface area (Å²) in [5.74, 6) is 1.02. The van der Waals surface area contributed by atoms with Crippen LogP contribution in [-0.2, 0) is 6.42 Å². The van der Waals surface area contributed by atoms with Gasteiger partial charge in [0.1, 0.15) is 11.4 Å². The monoisotopic (exact) mass is 219 g/mol. The lowest BCUT2D eigenvalue weighted by molar-refractivity contribution is 0.412. The van der Waals surface area contributed by atoms with Crippen molar-refractivity contribution in [1.29, 1.82) is 0 Å². The lowest BCUT2D eigenvalue weighted by Crippen LogP contribution is -1.93. The SMILES string of the molecule is CCc1c(-c2ccncc2OC)noc1N. The van der Waals surface area contributed by atoms with Crippen molar-refractivity contribution < 1.29 is 9.26 Å². The summed E-state index contributed by atoms with van der Waals surface area (Å²) < 4.78 is 10.2. The Balaban J connectivity index is 2.58. The average molecular weight is 219 g/mol. The molecule has 0 aromatic carbocycles. The summed E-state index contributed by atoms with van der Waals surface area (Å²) >= 11 is 0. The number of nitrogens with two attached hydrogens (primary N) is 1. The summed E-state index contributed by atoms with van der Waals surface area (Å²) in [6.45, 7) is 2.00. The quantitative estimate of drug-likeness (QED) is 0.853. The predicted molar refractivity (Wildman–Crippen MR) is 60.1 cm³/mol. The van der Waals surface area contributed by atoms with Crippen molar-refractivity contribution in [2.45, 2.75) is 13.3 Å². The number of nitrogen functional groups attached to an aromatic ring is 1. The maximum Gasteiger partial charge on any atom is 0.225 e. The molecule has 0 saturated carbocycles. The standard InChI is InChI=1S/C11H13N3O2/c1-3-7-10(14-16-11(7)12)8-4-5-13-6-9(8)15-2/h4-6H,3,12H2,1-2H3. The van der Waals surface area contributed by atoms with Gasteiger partial charge in [0.05, 0.1) is 13.3 Å². The highest BCUT2D eigenvalue weighted by Gasteiger charge is 2.16.